The quantitative estimate of drug-likeness (QED) is 0.930. The Balaban J connectivity index is 2.24. The van der Waals surface area contributed by atoms with Crippen molar-refractivity contribution >= 4 is 11.9 Å². The van der Waals surface area contributed by atoms with Crippen molar-refractivity contribution in [2.24, 2.45) is 0 Å². The van der Waals surface area contributed by atoms with E-state index in [4.69, 9.17) is 0 Å². The van der Waals surface area contributed by atoms with E-state index in [1.165, 1.54) is 0 Å². The third kappa shape index (κ3) is 2.58. The van der Waals surface area contributed by atoms with E-state index in [9.17, 15) is 14.7 Å². The van der Waals surface area contributed by atoms with Crippen LogP contribution < -0.4 is 0 Å². The molecule has 1 aliphatic heterocycles. The average molecular weight is 323 g/mol. The van der Waals surface area contributed by atoms with E-state index in [2.05, 4.69) is 0 Å². The van der Waals surface area contributed by atoms with E-state index in [0.717, 1.165) is 12.0 Å². The maximum atomic E-state index is 13.1. The summed E-state index contributed by atoms with van der Waals surface area (Å²) in [5.74, 6) is -1.77. The Hall–Kier alpha value is -2.62. The number of carboxylic acids is 1. The van der Waals surface area contributed by atoms with Gasteiger partial charge in [-0.15, -0.1) is 0 Å². The van der Waals surface area contributed by atoms with Crippen molar-refractivity contribution < 1.29 is 14.7 Å². The van der Waals surface area contributed by atoms with Crippen LogP contribution in [0.1, 0.15) is 53.7 Å². The summed E-state index contributed by atoms with van der Waals surface area (Å²) in [6.07, 6.45) is 0.767. The van der Waals surface area contributed by atoms with Gasteiger partial charge in [-0.1, -0.05) is 55.5 Å². The molecule has 24 heavy (non-hydrogen) atoms. The molecule has 2 aromatic rings. The van der Waals surface area contributed by atoms with Crippen molar-refractivity contribution in [2.75, 3.05) is 0 Å². The van der Waals surface area contributed by atoms with E-state index in [-0.39, 0.29) is 11.9 Å². The Morgan fingerprint density at radius 1 is 1.12 bits per heavy atom. The Kier molecular flexibility index (Phi) is 4.38. The van der Waals surface area contributed by atoms with Gasteiger partial charge >= 0.3 is 5.97 Å². The molecule has 4 nitrogen and oxygen atoms in total. The van der Waals surface area contributed by atoms with Gasteiger partial charge in [-0.3, -0.25) is 9.59 Å². The number of carbonyl (C=O) groups is 2. The van der Waals surface area contributed by atoms with E-state index in [1.807, 2.05) is 44.2 Å². The number of benzene rings is 2. The molecule has 1 aliphatic rings. The van der Waals surface area contributed by atoms with Gasteiger partial charge in [0.05, 0.1) is 6.04 Å². The van der Waals surface area contributed by atoms with Gasteiger partial charge < -0.3 is 10.0 Å². The van der Waals surface area contributed by atoms with Crippen LogP contribution in [0.2, 0.25) is 0 Å². The normalized spacial score (nSPS) is 21.2. The first kappa shape index (κ1) is 16.2. The van der Waals surface area contributed by atoms with Crippen LogP contribution in [-0.2, 0) is 4.79 Å². The van der Waals surface area contributed by atoms with E-state index in [1.54, 1.807) is 29.2 Å². The zero-order valence-electron chi connectivity index (χ0n) is 13.8. The summed E-state index contributed by atoms with van der Waals surface area (Å²) >= 11 is 0. The molecule has 4 heteroatoms. The summed E-state index contributed by atoms with van der Waals surface area (Å²) in [7, 11) is 0. The molecule has 0 aromatic heterocycles. The SMILES string of the molecule is CC[C@H](C)N1C(=O)c2ccccc2[C@@H](C(=O)O)[C@@H]1c1ccccc1. The molecule has 1 amide bonds. The van der Waals surface area contributed by atoms with Crippen LogP contribution in [0.25, 0.3) is 0 Å². The molecular formula is C20H21NO3. The molecule has 0 bridgehead atoms. The summed E-state index contributed by atoms with van der Waals surface area (Å²) in [6, 6.07) is 16.0. The van der Waals surface area contributed by atoms with Crippen molar-refractivity contribution in [1.82, 2.24) is 4.90 Å². The Bertz CT molecular complexity index is 756. The fraction of sp³-hybridized carbons (Fsp3) is 0.300. The molecule has 2 aromatic carbocycles. The van der Waals surface area contributed by atoms with Gasteiger partial charge in [-0.05, 0) is 30.5 Å². The van der Waals surface area contributed by atoms with Crippen molar-refractivity contribution in [3.8, 4) is 0 Å². The number of nitrogens with zero attached hydrogens (tertiary/aromatic N) is 1. The third-order valence-electron chi connectivity index (χ3n) is 4.85. The first-order valence-corrected chi connectivity index (χ1v) is 8.25. The zero-order valence-corrected chi connectivity index (χ0v) is 13.8. The van der Waals surface area contributed by atoms with Gasteiger partial charge in [0, 0.05) is 11.6 Å². The van der Waals surface area contributed by atoms with Crippen LogP contribution >= 0.6 is 0 Å². The van der Waals surface area contributed by atoms with Crippen LogP contribution in [0.5, 0.6) is 0 Å². The molecule has 0 spiro atoms. The van der Waals surface area contributed by atoms with Crippen LogP contribution in [0.15, 0.2) is 54.6 Å². The highest BCUT2D eigenvalue weighted by molar-refractivity contribution is 6.00. The predicted molar refractivity (Wildman–Crippen MR) is 91.9 cm³/mol. The standard InChI is InChI=1S/C20H21NO3/c1-3-13(2)21-18(14-9-5-4-6-10-14)17(20(23)24)15-11-7-8-12-16(15)19(21)22/h4-13,17-18H,3H2,1-2H3,(H,23,24)/t13-,17+,18-/m0/s1. The molecule has 3 rings (SSSR count). The molecule has 124 valence electrons. The number of hydrogen-bond donors (Lipinski definition) is 1. The highest BCUT2D eigenvalue weighted by Crippen LogP contribution is 2.44. The minimum absolute atomic E-state index is 0.0436. The topological polar surface area (TPSA) is 57.6 Å². The lowest BCUT2D eigenvalue weighted by Gasteiger charge is -2.43. The molecule has 0 saturated heterocycles. The second kappa shape index (κ2) is 6.48. The molecule has 1 heterocycles. The summed E-state index contributed by atoms with van der Waals surface area (Å²) in [5, 5.41) is 9.94. The monoisotopic (exact) mass is 323 g/mol. The Morgan fingerprint density at radius 3 is 2.38 bits per heavy atom. The summed E-state index contributed by atoms with van der Waals surface area (Å²) in [4.78, 5) is 27.0. The molecular weight excluding hydrogens is 302 g/mol. The zero-order chi connectivity index (χ0) is 17.3. The predicted octanol–water partition coefficient (Wildman–Crippen LogP) is 3.85. The van der Waals surface area contributed by atoms with Gasteiger partial charge in [-0.2, -0.15) is 0 Å². The summed E-state index contributed by atoms with van der Waals surface area (Å²) in [6.45, 7) is 3.98. The number of hydrogen-bond acceptors (Lipinski definition) is 2. The Morgan fingerprint density at radius 2 is 1.75 bits per heavy atom. The van der Waals surface area contributed by atoms with Crippen molar-refractivity contribution in [3.05, 3.63) is 71.3 Å². The van der Waals surface area contributed by atoms with E-state index < -0.39 is 17.9 Å². The van der Waals surface area contributed by atoms with Crippen molar-refractivity contribution in [3.63, 3.8) is 0 Å². The third-order valence-corrected chi connectivity index (χ3v) is 4.85. The number of fused-ring (bicyclic) bond motifs is 1. The molecule has 0 saturated carbocycles. The van der Waals surface area contributed by atoms with E-state index >= 15 is 0 Å². The van der Waals surface area contributed by atoms with Gasteiger partial charge in [0.1, 0.15) is 5.92 Å². The largest absolute Gasteiger partial charge is 0.481 e. The molecule has 1 N–H and O–H groups in total. The second-order valence-electron chi connectivity index (χ2n) is 6.23. The van der Waals surface area contributed by atoms with Crippen LogP contribution in [0.3, 0.4) is 0 Å². The molecule has 3 atom stereocenters. The second-order valence-corrected chi connectivity index (χ2v) is 6.23. The number of aliphatic carboxylic acids is 1. The minimum Gasteiger partial charge on any atom is -0.481 e. The lowest BCUT2D eigenvalue weighted by atomic mass is 9.79. The minimum atomic E-state index is -0.905. The van der Waals surface area contributed by atoms with Gasteiger partial charge in [0.15, 0.2) is 0 Å². The first-order chi connectivity index (χ1) is 11.6. The number of carboxylic acid groups (broad SMARTS) is 1. The molecule has 0 fully saturated rings. The molecule has 0 unspecified atom stereocenters. The van der Waals surface area contributed by atoms with Crippen LogP contribution in [-0.4, -0.2) is 27.9 Å². The molecule has 0 aliphatic carbocycles. The van der Waals surface area contributed by atoms with Crippen LogP contribution in [0.4, 0.5) is 0 Å². The van der Waals surface area contributed by atoms with Gasteiger partial charge in [0.25, 0.3) is 5.91 Å². The lowest BCUT2D eigenvalue weighted by molar-refractivity contribution is -0.140. The summed E-state index contributed by atoms with van der Waals surface area (Å²) in [5.41, 5.74) is 1.95. The maximum absolute atomic E-state index is 13.1. The van der Waals surface area contributed by atoms with Crippen molar-refractivity contribution in [2.45, 2.75) is 38.3 Å². The summed E-state index contributed by atoms with van der Waals surface area (Å²) < 4.78 is 0. The fourth-order valence-corrected chi connectivity index (χ4v) is 3.50. The fourth-order valence-electron chi connectivity index (χ4n) is 3.50. The highest BCUT2D eigenvalue weighted by atomic mass is 16.4. The van der Waals surface area contributed by atoms with E-state index in [0.29, 0.717) is 11.1 Å². The molecule has 0 radical (unpaired) electrons. The van der Waals surface area contributed by atoms with Gasteiger partial charge in [-0.25, -0.2) is 0 Å². The van der Waals surface area contributed by atoms with Crippen LogP contribution in [0, 0.1) is 0 Å². The Labute approximate surface area is 141 Å². The number of carbonyl (C=O) groups excluding carboxylic acids is 1. The smallest absolute Gasteiger partial charge is 0.313 e. The highest BCUT2D eigenvalue weighted by Gasteiger charge is 2.45. The number of amides is 1. The van der Waals surface area contributed by atoms with Crippen molar-refractivity contribution in [1.29, 1.82) is 0 Å². The van der Waals surface area contributed by atoms with Gasteiger partial charge in [0.2, 0.25) is 0 Å². The first-order valence-electron chi connectivity index (χ1n) is 8.25. The lowest BCUT2D eigenvalue weighted by Crippen LogP contribution is -2.48. The maximum Gasteiger partial charge on any atom is 0.313 e. The average Bonchev–Trinajstić information content (AvgIpc) is 2.61. The number of rotatable bonds is 4.